The highest BCUT2D eigenvalue weighted by Gasteiger charge is 2.09. The molecule has 3 rings (SSSR count). The summed E-state index contributed by atoms with van der Waals surface area (Å²) in [7, 11) is 0. The predicted octanol–water partition coefficient (Wildman–Crippen LogP) is 2.77. The zero-order valence-corrected chi connectivity index (χ0v) is 10.3. The number of rotatable bonds is 2. The lowest BCUT2D eigenvalue weighted by molar-refractivity contribution is 0.907. The van der Waals surface area contributed by atoms with Crippen molar-refractivity contribution in [2.45, 2.75) is 13.5 Å². The molecule has 0 saturated heterocycles. The number of pyridine rings is 1. The molecular weight excluding hydrogens is 222 g/mol. The second kappa shape index (κ2) is 4.27. The fourth-order valence-electron chi connectivity index (χ4n) is 2.33. The van der Waals surface area contributed by atoms with Crippen LogP contribution in [0.25, 0.3) is 16.8 Å². The molecule has 0 fully saturated rings. The van der Waals surface area contributed by atoms with Gasteiger partial charge in [0.1, 0.15) is 5.82 Å². The van der Waals surface area contributed by atoms with Gasteiger partial charge in [-0.25, -0.2) is 4.98 Å². The first-order valence-electron chi connectivity index (χ1n) is 6.02. The molecule has 0 aliphatic heterocycles. The number of benzene rings is 1. The molecular formula is C15H15N3. The van der Waals surface area contributed by atoms with E-state index >= 15 is 0 Å². The second-order valence-corrected chi connectivity index (χ2v) is 4.36. The maximum atomic E-state index is 5.76. The van der Waals surface area contributed by atoms with Gasteiger partial charge in [0.05, 0.1) is 24.0 Å². The van der Waals surface area contributed by atoms with Gasteiger partial charge in [0.25, 0.3) is 0 Å². The summed E-state index contributed by atoms with van der Waals surface area (Å²) in [6.07, 6.45) is 1.87. The Morgan fingerprint density at radius 3 is 2.72 bits per heavy atom. The van der Waals surface area contributed by atoms with Crippen LogP contribution in [0.15, 0.2) is 48.7 Å². The zero-order valence-electron chi connectivity index (χ0n) is 10.3. The Hall–Kier alpha value is -2.13. The molecule has 0 aliphatic rings. The highest BCUT2D eigenvalue weighted by atomic mass is 15.0. The van der Waals surface area contributed by atoms with Crippen molar-refractivity contribution in [2.75, 3.05) is 0 Å². The van der Waals surface area contributed by atoms with E-state index in [0.717, 1.165) is 17.0 Å². The third-order valence-corrected chi connectivity index (χ3v) is 3.23. The summed E-state index contributed by atoms with van der Waals surface area (Å²) < 4.78 is 2.13. The number of aryl methyl sites for hydroxylation is 1. The largest absolute Gasteiger partial charge is 0.324 e. The molecule has 2 aromatic heterocycles. The van der Waals surface area contributed by atoms with Gasteiger partial charge >= 0.3 is 0 Å². The summed E-state index contributed by atoms with van der Waals surface area (Å²) in [6.45, 7) is 2.56. The predicted molar refractivity (Wildman–Crippen MR) is 73.3 cm³/mol. The summed E-state index contributed by atoms with van der Waals surface area (Å²) in [5.74, 6) is 0.892. The molecule has 0 spiro atoms. The average Bonchev–Trinajstić information content (AvgIpc) is 2.82. The molecule has 3 aromatic rings. The van der Waals surface area contributed by atoms with E-state index in [2.05, 4.69) is 52.7 Å². The minimum atomic E-state index is 0.442. The first-order valence-corrected chi connectivity index (χ1v) is 6.02. The Morgan fingerprint density at radius 1 is 1.11 bits per heavy atom. The fourth-order valence-corrected chi connectivity index (χ4v) is 2.33. The van der Waals surface area contributed by atoms with Crippen LogP contribution in [0.1, 0.15) is 11.4 Å². The first kappa shape index (κ1) is 11.0. The number of imidazole rings is 1. The summed E-state index contributed by atoms with van der Waals surface area (Å²) in [6, 6.07) is 14.6. The van der Waals surface area contributed by atoms with Crippen molar-refractivity contribution in [1.82, 2.24) is 9.38 Å². The molecule has 18 heavy (non-hydrogen) atoms. The average molecular weight is 237 g/mol. The molecule has 3 nitrogen and oxygen atoms in total. The molecule has 0 amide bonds. The summed E-state index contributed by atoms with van der Waals surface area (Å²) in [5.41, 5.74) is 10.5. The van der Waals surface area contributed by atoms with Gasteiger partial charge in [0, 0.05) is 5.56 Å². The third kappa shape index (κ3) is 1.60. The minimum absolute atomic E-state index is 0.442. The zero-order chi connectivity index (χ0) is 12.5. The molecule has 0 saturated carbocycles. The second-order valence-electron chi connectivity index (χ2n) is 4.36. The summed E-state index contributed by atoms with van der Waals surface area (Å²) >= 11 is 0. The van der Waals surface area contributed by atoms with Crippen molar-refractivity contribution >= 4 is 5.52 Å². The standard InChI is InChI=1S/C15H15N3/c1-11-5-2-3-7-13(11)14-8-4-6-12-10-17-15(9-16)18(12)14/h2-8,10H,9,16H2,1H3. The van der Waals surface area contributed by atoms with Crippen LogP contribution in [0.4, 0.5) is 0 Å². The van der Waals surface area contributed by atoms with Crippen LogP contribution in [-0.4, -0.2) is 9.38 Å². The Bertz CT molecular complexity index is 698. The highest BCUT2D eigenvalue weighted by Crippen LogP contribution is 2.25. The lowest BCUT2D eigenvalue weighted by Gasteiger charge is -2.10. The lowest BCUT2D eigenvalue weighted by atomic mass is 10.0. The molecule has 2 N–H and O–H groups in total. The van der Waals surface area contributed by atoms with Crippen molar-refractivity contribution < 1.29 is 0 Å². The normalized spacial score (nSPS) is 11.0. The van der Waals surface area contributed by atoms with Gasteiger partial charge in [0.15, 0.2) is 0 Å². The van der Waals surface area contributed by atoms with Crippen LogP contribution in [0.2, 0.25) is 0 Å². The Labute approximate surface area is 106 Å². The minimum Gasteiger partial charge on any atom is -0.324 e. The van der Waals surface area contributed by atoms with Gasteiger partial charge in [-0.05, 0) is 24.6 Å². The first-order chi connectivity index (χ1) is 8.81. The Morgan fingerprint density at radius 2 is 1.94 bits per heavy atom. The number of nitrogens with two attached hydrogens (primary N) is 1. The number of fused-ring (bicyclic) bond motifs is 1. The molecule has 0 radical (unpaired) electrons. The van der Waals surface area contributed by atoms with Crippen molar-refractivity contribution in [1.29, 1.82) is 0 Å². The molecule has 2 heterocycles. The number of hydrogen-bond donors (Lipinski definition) is 1. The lowest BCUT2D eigenvalue weighted by Crippen LogP contribution is -2.04. The van der Waals surface area contributed by atoms with Crippen molar-refractivity contribution in [3.63, 3.8) is 0 Å². The van der Waals surface area contributed by atoms with E-state index in [-0.39, 0.29) is 0 Å². The maximum absolute atomic E-state index is 5.76. The molecule has 1 aromatic carbocycles. The van der Waals surface area contributed by atoms with Crippen molar-refractivity contribution in [3.05, 3.63) is 60.0 Å². The molecule has 0 bridgehead atoms. The third-order valence-electron chi connectivity index (χ3n) is 3.23. The van der Waals surface area contributed by atoms with Gasteiger partial charge in [-0.1, -0.05) is 30.3 Å². The van der Waals surface area contributed by atoms with Gasteiger partial charge in [-0.3, -0.25) is 4.40 Å². The van der Waals surface area contributed by atoms with Crippen LogP contribution in [0.3, 0.4) is 0 Å². The monoisotopic (exact) mass is 237 g/mol. The van der Waals surface area contributed by atoms with E-state index in [1.807, 2.05) is 12.3 Å². The van der Waals surface area contributed by atoms with E-state index in [9.17, 15) is 0 Å². The fraction of sp³-hybridized carbons (Fsp3) is 0.133. The number of nitrogens with zero attached hydrogens (tertiary/aromatic N) is 2. The van der Waals surface area contributed by atoms with Gasteiger partial charge in [-0.2, -0.15) is 0 Å². The quantitative estimate of drug-likeness (QED) is 0.744. The summed E-state index contributed by atoms with van der Waals surface area (Å²) in [4.78, 5) is 4.37. The van der Waals surface area contributed by atoms with Crippen LogP contribution >= 0.6 is 0 Å². The molecule has 90 valence electrons. The maximum Gasteiger partial charge on any atom is 0.127 e. The van der Waals surface area contributed by atoms with Crippen molar-refractivity contribution in [2.24, 2.45) is 5.73 Å². The SMILES string of the molecule is Cc1ccccc1-c1cccc2cnc(CN)n12. The van der Waals surface area contributed by atoms with Crippen LogP contribution in [0, 0.1) is 6.92 Å². The smallest absolute Gasteiger partial charge is 0.127 e. The van der Waals surface area contributed by atoms with Gasteiger partial charge in [-0.15, -0.1) is 0 Å². The van der Waals surface area contributed by atoms with Crippen molar-refractivity contribution in [3.8, 4) is 11.3 Å². The van der Waals surface area contributed by atoms with E-state index < -0.39 is 0 Å². The molecule has 0 aliphatic carbocycles. The van der Waals surface area contributed by atoms with Crippen LogP contribution < -0.4 is 5.73 Å². The van der Waals surface area contributed by atoms with E-state index in [0.29, 0.717) is 6.54 Å². The number of hydrogen-bond acceptors (Lipinski definition) is 2. The van der Waals surface area contributed by atoms with E-state index in [1.165, 1.54) is 11.1 Å². The van der Waals surface area contributed by atoms with Crippen LogP contribution in [-0.2, 0) is 6.54 Å². The van der Waals surface area contributed by atoms with Gasteiger partial charge in [0.2, 0.25) is 0 Å². The molecule has 3 heteroatoms. The number of aromatic nitrogens is 2. The molecule has 0 atom stereocenters. The summed E-state index contributed by atoms with van der Waals surface area (Å²) in [5, 5.41) is 0. The Kier molecular flexibility index (Phi) is 2.61. The van der Waals surface area contributed by atoms with E-state index in [1.54, 1.807) is 0 Å². The van der Waals surface area contributed by atoms with Gasteiger partial charge < -0.3 is 5.73 Å². The topological polar surface area (TPSA) is 43.3 Å². The Balaban J connectivity index is 2.35. The van der Waals surface area contributed by atoms with Crippen LogP contribution in [0.5, 0.6) is 0 Å². The molecule has 0 unspecified atom stereocenters. The van der Waals surface area contributed by atoms with E-state index in [4.69, 9.17) is 5.73 Å². The highest BCUT2D eigenvalue weighted by molar-refractivity contribution is 5.68.